The molecule has 2 fully saturated rings. The van der Waals surface area contributed by atoms with E-state index in [4.69, 9.17) is 0 Å². The van der Waals surface area contributed by atoms with Crippen LogP contribution in [0.5, 0.6) is 0 Å². The van der Waals surface area contributed by atoms with Crippen molar-refractivity contribution in [2.45, 2.75) is 68.6 Å². The zero-order valence-corrected chi connectivity index (χ0v) is 16.0. The summed E-state index contributed by atoms with van der Waals surface area (Å²) in [5.74, 6) is 1.38. The Morgan fingerprint density at radius 2 is 1.50 bits per heavy atom. The molecule has 2 aliphatic carbocycles. The zero-order chi connectivity index (χ0) is 18.1. The third-order valence-electron chi connectivity index (χ3n) is 6.65. The standard InChI is InChI=1S/C22H28O3S/c23-26(24,25)21-15-14-17-10-4-5-12-19(17)22(21)20-13-7-6-11-18(20)16-8-2-1-3-9-16/h4-5,10,12,14-16,18,20H,1-3,6-9,11,13H2,(H,23,24,25)/p-1. The van der Waals surface area contributed by atoms with E-state index in [0.29, 0.717) is 11.8 Å². The van der Waals surface area contributed by atoms with Gasteiger partial charge in [0.25, 0.3) is 0 Å². The van der Waals surface area contributed by atoms with Crippen molar-refractivity contribution in [2.75, 3.05) is 0 Å². The fourth-order valence-corrected chi connectivity index (χ4v) is 6.29. The molecular formula is C22H27O3S-. The molecule has 2 unspecified atom stereocenters. The van der Waals surface area contributed by atoms with Crippen LogP contribution in [0.25, 0.3) is 10.8 Å². The Morgan fingerprint density at radius 1 is 0.808 bits per heavy atom. The molecule has 26 heavy (non-hydrogen) atoms. The van der Waals surface area contributed by atoms with E-state index in [-0.39, 0.29) is 10.8 Å². The van der Waals surface area contributed by atoms with Gasteiger partial charge in [0.2, 0.25) is 0 Å². The molecule has 0 bridgehead atoms. The molecule has 0 aliphatic heterocycles. The Labute approximate surface area is 156 Å². The van der Waals surface area contributed by atoms with E-state index in [1.165, 1.54) is 38.5 Å². The zero-order valence-electron chi connectivity index (χ0n) is 15.2. The lowest BCUT2D eigenvalue weighted by atomic mass is 9.65. The van der Waals surface area contributed by atoms with E-state index in [9.17, 15) is 13.0 Å². The number of hydrogen-bond donors (Lipinski definition) is 0. The lowest BCUT2D eigenvalue weighted by Gasteiger charge is -2.40. The maximum Gasteiger partial charge on any atom is 0.124 e. The van der Waals surface area contributed by atoms with Gasteiger partial charge in [-0.25, -0.2) is 8.42 Å². The average molecular weight is 372 g/mol. The molecule has 140 valence electrons. The summed E-state index contributed by atoms with van der Waals surface area (Å²) in [5, 5.41) is 1.99. The summed E-state index contributed by atoms with van der Waals surface area (Å²) in [6.07, 6.45) is 10.9. The Bertz CT molecular complexity index is 881. The first-order valence-electron chi connectivity index (χ1n) is 10.0. The van der Waals surface area contributed by atoms with Gasteiger partial charge in [0, 0.05) is 0 Å². The second-order valence-electron chi connectivity index (χ2n) is 8.11. The van der Waals surface area contributed by atoms with E-state index < -0.39 is 10.1 Å². The highest BCUT2D eigenvalue weighted by molar-refractivity contribution is 7.85. The molecule has 0 heterocycles. The number of rotatable bonds is 3. The van der Waals surface area contributed by atoms with Crippen LogP contribution >= 0.6 is 0 Å². The predicted molar refractivity (Wildman–Crippen MR) is 103 cm³/mol. The minimum absolute atomic E-state index is 0.0175. The predicted octanol–water partition coefficient (Wildman–Crippen LogP) is 5.60. The Balaban J connectivity index is 1.87. The fraction of sp³-hybridized carbons (Fsp3) is 0.545. The maximum atomic E-state index is 12.1. The van der Waals surface area contributed by atoms with Crippen molar-refractivity contribution < 1.29 is 13.0 Å². The van der Waals surface area contributed by atoms with Gasteiger partial charge in [0.1, 0.15) is 10.1 Å². The smallest absolute Gasteiger partial charge is 0.124 e. The van der Waals surface area contributed by atoms with Gasteiger partial charge >= 0.3 is 0 Å². The molecule has 4 heteroatoms. The molecule has 2 atom stereocenters. The molecule has 0 aromatic heterocycles. The molecular weight excluding hydrogens is 344 g/mol. The lowest BCUT2D eigenvalue weighted by Crippen LogP contribution is -2.28. The number of fused-ring (bicyclic) bond motifs is 1. The van der Waals surface area contributed by atoms with Gasteiger partial charge in [-0.05, 0) is 53.0 Å². The molecule has 2 aromatic rings. The SMILES string of the molecule is O=S(=O)([O-])c1ccc2ccccc2c1C1CCCCC1C1CCCCC1. The van der Waals surface area contributed by atoms with E-state index in [1.54, 1.807) is 12.1 Å². The monoisotopic (exact) mass is 371 g/mol. The molecule has 0 amide bonds. The molecule has 3 nitrogen and oxygen atoms in total. The normalized spacial score (nSPS) is 25.4. The van der Waals surface area contributed by atoms with Crippen molar-refractivity contribution in [2.24, 2.45) is 11.8 Å². The summed E-state index contributed by atoms with van der Waals surface area (Å²) < 4.78 is 36.2. The molecule has 4 rings (SSSR count). The van der Waals surface area contributed by atoms with Gasteiger partial charge < -0.3 is 4.55 Å². The van der Waals surface area contributed by atoms with Gasteiger partial charge in [0.15, 0.2) is 0 Å². The third kappa shape index (κ3) is 3.41. The summed E-state index contributed by atoms with van der Waals surface area (Å²) in [7, 11) is -4.48. The molecule has 2 saturated carbocycles. The van der Waals surface area contributed by atoms with Crippen LogP contribution in [0, 0.1) is 11.8 Å². The van der Waals surface area contributed by atoms with Crippen molar-refractivity contribution in [3.05, 3.63) is 42.0 Å². The lowest BCUT2D eigenvalue weighted by molar-refractivity contribution is 0.169. The maximum absolute atomic E-state index is 12.1. The van der Waals surface area contributed by atoms with Crippen molar-refractivity contribution in [3.63, 3.8) is 0 Å². The average Bonchev–Trinajstić information content (AvgIpc) is 2.67. The van der Waals surface area contributed by atoms with Crippen LogP contribution in [0.2, 0.25) is 0 Å². The molecule has 2 aliphatic rings. The van der Waals surface area contributed by atoms with Crippen molar-refractivity contribution >= 4 is 20.9 Å². The number of benzene rings is 2. The van der Waals surface area contributed by atoms with Crippen LogP contribution in [0.4, 0.5) is 0 Å². The summed E-state index contributed by atoms with van der Waals surface area (Å²) in [6.45, 7) is 0. The van der Waals surface area contributed by atoms with Crippen LogP contribution in [0.15, 0.2) is 41.3 Å². The second-order valence-corrected chi connectivity index (χ2v) is 9.45. The highest BCUT2D eigenvalue weighted by Gasteiger charge is 2.35. The van der Waals surface area contributed by atoms with E-state index in [0.717, 1.165) is 35.6 Å². The van der Waals surface area contributed by atoms with E-state index in [1.807, 2.05) is 24.3 Å². The summed E-state index contributed by atoms with van der Waals surface area (Å²) in [5.41, 5.74) is 0.813. The highest BCUT2D eigenvalue weighted by Crippen LogP contribution is 2.49. The minimum atomic E-state index is -4.48. The van der Waals surface area contributed by atoms with Gasteiger partial charge in [-0.15, -0.1) is 0 Å². The van der Waals surface area contributed by atoms with Crippen LogP contribution in [0.3, 0.4) is 0 Å². The molecule has 0 saturated heterocycles. The van der Waals surface area contributed by atoms with E-state index >= 15 is 0 Å². The van der Waals surface area contributed by atoms with Gasteiger partial charge in [0.05, 0.1) is 4.90 Å². The van der Waals surface area contributed by atoms with Crippen LogP contribution in [-0.2, 0) is 10.1 Å². The van der Waals surface area contributed by atoms with Gasteiger partial charge in [-0.3, -0.25) is 0 Å². The number of hydrogen-bond acceptors (Lipinski definition) is 3. The Hall–Kier alpha value is -1.39. The van der Waals surface area contributed by atoms with Crippen LogP contribution < -0.4 is 0 Å². The topological polar surface area (TPSA) is 57.2 Å². The van der Waals surface area contributed by atoms with Crippen molar-refractivity contribution in [3.8, 4) is 0 Å². The van der Waals surface area contributed by atoms with E-state index in [2.05, 4.69) is 0 Å². The summed E-state index contributed by atoms with van der Waals surface area (Å²) in [4.78, 5) is 0.0175. The molecule has 0 N–H and O–H groups in total. The quantitative estimate of drug-likeness (QED) is 0.660. The van der Waals surface area contributed by atoms with Crippen LogP contribution in [-0.4, -0.2) is 13.0 Å². The Morgan fingerprint density at radius 3 is 2.27 bits per heavy atom. The largest absolute Gasteiger partial charge is 0.744 e. The minimum Gasteiger partial charge on any atom is -0.744 e. The first-order chi connectivity index (χ1) is 12.6. The van der Waals surface area contributed by atoms with Crippen molar-refractivity contribution in [1.82, 2.24) is 0 Å². The molecule has 2 aromatic carbocycles. The van der Waals surface area contributed by atoms with Gasteiger partial charge in [-0.1, -0.05) is 75.3 Å². The fourth-order valence-electron chi connectivity index (χ4n) is 5.52. The van der Waals surface area contributed by atoms with Crippen molar-refractivity contribution in [1.29, 1.82) is 0 Å². The summed E-state index contributed by atoms with van der Waals surface area (Å²) in [6, 6.07) is 11.3. The first kappa shape index (κ1) is 18.0. The third-order valence-corrected chi connectivity index (χ3v) is 7.54. The molecule has 0 radical (unpaired) electrons. The Kier molecular flexibility index (Phi) is 5.07. The highest BCUT2D eigenvalue weighted by atomic mass is 32.2. The van der Waals surface area contributed by atoms with Crippen LogP contribution in [0.1, 0.15) is 69.3 Å². The molecule has 0 spiro atoms. The first-order valence-corrected chi connectivity index (χ1v) is 11.4. The summed E-state index contributed by atoms with van der Waals surface area (Å²) >= 11 is 0. The van der Waals surface area contributed by atoms with Gasteiger partial charge in [-0.2, -0.15) is 0 Å². The second kappa shape index (κ2) is 7.32.